The Bertz CT molecular complexity index is 916. The minimum Gasteiger partial charge on any atom is -0.304 e. The lowest BCUT2D eigenvalue weighted by molar-refractivity contribution is -0.313. The third-order valence-electron chi connectivity index (χ3n) is 4.54. The van der Waals surface area contributed by atoms with Crippen LogP contribution in [0.15, 0.2) is 12.1 Å². The van der Waals surface area contributed by atoms with Gasteiger partial charge in [-0.1, -0.05) is 0 Å². The smallest absolute Gasteiger partial charge is 0.304 e. The van der Waals surface area contributed by atoms with E-state index >= 15 is 0 Å². The van der Waals surface area contributed by atoms with Crippen molar-refractivity contribution in [1.82, 2.24) is 9.55 Å². The van der Waals surface area contributed by atoms with E-state index in [1.807, 2.05) is 0 Å². The zero-order valence-corrected chi connectivity index (χ0v) is 14.7. The van der Waals surface area contributed by atoms with Crippen molar-refractivity contribution < 1.29 is 31.1 Å². The second kappa shape index (κ2) is 5.87. The minimum absolute atomic E-state index is 0.0656. The molecule has 3 rings (SSSR count). The number of nitrogens with one attached hydrogen (secondary N) is 1. The summed E-state index contributed by atoms with van der Waals surface area (Å²) in [6, 6.07) is 1.66. The van der Waals surface area contributed by atoms with Crippen LogP contribution in [0.3, 0.4) is 0 Å². The fraction of sp³-hybridized carbons (Fsp3) is 0.529. The molecule has 1 saturated carbocycles. The SMILES string of the molecule is CC(C)(C)n1c(NC(=O)CC2CC(F)(F)C2(F)F)nc2c(F)cc(F)cc21. The molecule has 1 heterocycles. The standard InChI is InChI=1S/C17H17F6N3O/c1-15(2,3)26-11-6-9(18)5-10(19)13(11)25-14(26)24-12(27)4-8-7-16(20,21)17(8,22)23/h5-6,8H,4,7H2,1-3H3,(H,24,25,27). The summed E-state index contributed by atoms with van der Waals surface area (Å²) < 4.78 is 81.5. The predicted octanol–water partition coefficient (Wildman–Crippen LogP) is 4.69. The zero-order valence-electron chi connectivity index (χ0n) is 14.7. The molecule has 0 saturated heterocycles. The first-order chi connectivity index (χ1) is 12.2. The largest absolute Gasteiger partial charge is 0.313 e. The highest BCUT2D eigenvalue weighted by Gasteiger charge is 2.71. The van der Waals surface area contributed by atoms with Crippen molar-refractivity contribution in [2.24, 2.45) is 5.92 Å². The van der Waals surface area contributed by atoms with Gasteiger partial charge in [0.1, 0.15) is 11.3 Å². The van der Waals surface area contributed by atoms with E-state index in [1.165, 1.54) is 4.57 Å². The molecule has 1 N–H and O–H groups in total. The van der Waals surface area contributed by atoms with Crippen molar-refractivity contribution >= 4 is 22.9 Å². The number of amides is 1. The van der Waals surface area contributed by atoms with Crippen LogP contribution in [0, 0.1) is 17.6 Å². The summed E-state index contributed by atoms with van der Waals surface area (Å²) in [5, 5.41) is 2.26. The quantitative estimate of drug-likeness (QED) is 0.770. The molecule has 0 bridgehead atoms. The second-order valence-electron chi connectivity index (χ2n) is 7.68. The van der Waals surface area contributed by atoms with Crippen LogP contribution in [0.1, 0.15) is 33.6 Å². The molecular weight excluding hydrogens is 376 g/mol. The van der Waals surface area contributed by atoms with Gasteiger partial charge in [-0.3, -0.25) is 10.1 Å². The molecule has 4 nitrogen and oxygen atoms in total. The Morgan fingerprint density at radius 3 is 2.41 bits per heavy atom. The van der Waals surface area contributed by atoms with Gasteiger partial charge in [0.2, 0.25) is 11.9 Å². The van der Waals surface area contributed by atoms with Crippen molar-refractivity contribution in [1.29, 1.82) is 0 Å². The van der Waals surface area contributed by atoms with E-state index in [0.29, 0.717) is 6.07 Å². The Morgan fingerprint density at radius 1 is 1.26 bits per heavy atom. The molecule has 1 fully saturated rings. The summed E-state index contributed by atoms with van der Waals surface area (Å²) in [6.07, 6.45) is -1.93. The van der Waals surface area contributed by atoms with Crippen LogP contribution in [-0.2, 0) is 10.3 Å². The monoisotopic (exact) mass is 393 g/mol. The van der Waals surface area contributed by atoms with Crippen LogP contribution >= 0.6 is 0 Å². The fourth-order valence-electron chi connectivity index (χ4n) is 3.21. The van der Waals surface area contributed by atoms with Gasteiger partial charge >= 0.3 is 11.8 Å². The van der Waals surface area contributed by atoms with Crippen LogP contribution in [0.5, 0.6) is 0 Å². The van der Waals surface area contributed by atoms with Crippen LogP contribution in [0.2, 0.25) is 0 Å². The molecular formula is C17H17F6N3O. The summed E-state index contributed by atoms with van der Waals surface area (Å²) in [6.45, 7) is 5.06. The Labute approximate surface area is 150 Å². The summed E-state index contributed by atoms with van der Waals surface area (Å²) in [7, 11) is 0. The molecule has 148 valence electrons. The molecule has 1 unspecified atom stereocenters. The number of aromatic nitrogens is 2. The molecule has 27 heavy (non-hydrogen) atoms. The maximum Gasteiger partial charge on any atom is 0.313 e. The average molecular weight is 393 g/mol. The molecule has 0 radical (unpaired) electrons. The highest BCUT2D eigenvalue weighted by Crippen LogP contribution is 2.56. The third-order valence-corrected chi connectivity index (χ3v) is 4.54. The Balaban J connectivity index is 1.91. The molecule has 1 aliphatic rings. The maximum atomic E-state index is 14.0. The number of anilines is 1. The lowest BCUT2D eigenvalue weighted by atomic mass is 9.74. The summed E-state index contributed by atoms with van der Waals surface area (Å²) >= 11 is 0. The number of carbonyl (C=O) groups is 1. The number of rotatable bonds is 3. The van der Waals surface area contributed by atoms with E-state index in [2.05, 4.69) is 10.3 Å². The van der Waals surface area contributed by atoms with Gasteiger partial charge in [0.05, 0.1) is 5.52 Å². The van der Waals surface area contributed by atoms with Gasteiger partial charge in [-0.25, -0.2) is 13.8 Å². The molecule has 10 heteroatoms. The van der Waals surface area contributed by atoms with Gasteiger partial charge in [0.25, 0.3) is 0 Å². The topological polar surface area (TPSA) is 46.9 Å². The molecule has 1 atom stereocenters. The van der Waals surface area contributed by atoms with E-state index in [-0.39, 0.29) is 17.0 Å². The highest BCUT2D eigenvalue weighted by molar-refractivity contribution is 5.92. The first kappa shape index (κ1) is 19.5. The molecule has 1 aromatic heterocycles. The first-order valence-corrected chi connectivity index (χ1v) is 8.17. The van der Waals surface area contributed by atoms with Crippen LogP contribution in [-0.4, -0.2) is 27.3 Å². The Morgan fingerprint density at radius 2 is 1.89 bits per heavy atom. The van der Waals surface area contributed by atoms with Crippen LogP contribution in [0.25, 0.3) is 11.0 Å². The van der Waals surface area contributed by atoms with E-state index < -0.39 is 53.7 Å². The molecule has 1 aliphatic carbocycles. The van der Waals surface area contributed by atoms with E-state index in [0.717, 1.165) is 6.07 Å². The highest BCUT2D eigenvalue weighted by atomic mass is 19.3. The summed E-state index contributed by atoms with van der Waals surface area (Å²) in [4.78, 5) is 16.0. The van der Waals surface area contributed by atoms with Crippen molar-refractivity contribution in [3.05, 3.63) is 23.8 Å². The molecule has 0 spiro atoms. The first-order valence-electron chi connectivity index (χ1n) is 8.17. The number of carbonyl (C=O) groups excluding carboxylic acids is 1. The molecule has 0 aliphatic heterocycles. The van der Waals surface area contributed by atoms with E-state index in [1.54, 1.807) is 20.8 Å². The number of fused-ring (bicyclic) bond motifs is 1. The molecule has 2 aromatic rings. The van der Waals surface area contributed by atoms with Crippen LogP contribution < -0.4 is 5.32 Å². The van der Waals surface area contributed by atoms with Gasteiger partial charge < -0.3 is 4.57 Å². The van der Waals surface area contributed by atoms with Crippen molar-refractivity contribution in [2.45, 2.75) is 51.0 Å². The minimum atomic E-state index is -4.26. The number of alkyl halides is 4. The van der Waals surface area contributed by atoms with Gasteiger partial charge in [0, 0.05) is 36.4 Å². The average Bonchev–Trinajstić information content (AvgIpc) is 2.84. The lowest BCUT2D eigenvalue weighted by Crippen LogP contribution is -2.59. The number of nitrogens with zero attached hydrogens (tertiary/aromatic N) is 2. The second-order valence-corrected chi connectivity index (χ2v) is 7.68. The number of halogens is 6. The van der Waals surface area contributed by atoms with Crippen molar-refractivity contribution in [2.75, 3.05) is 5.32 Å². The third kappa shape index (κ3) is 3.14. The normalized spacial score (nSPS) is 21.1. The Hall–Kier alpha value is -2.26. The zero-order chi connectivity index (χ0) is 20.4. The summed E-state index contributed by atoms with van der Waals surface area (Å²) in [5.41, 5.74) is -0.914. The lowest BCUT2D eigenvalue weighted by Gasteiger charge is -2.43. The number of hydrogen-bond donors (Lipinski definition) is 1. The Kier molecular flexibility index (Phi) is 4.24. The molecule has 1 aromatic carbocycles. The number of hydrogen-bond acceptors (Lipinski definition) is 2. The number of imidazole rings is 1. The van der Waals surface area contributed by atoms with Gasteiger partial charge in [0.15, 0.2) is 5.82 Å². The van der Waals surface area contributed by atoms with Gasteiger partial charge in [-0.05, 0) is 20.8 Å². The molecule has 1 amide bonds. The summed E-state index contributed by atoms with van der Waals surface area (Å²) in [5.74, 6) is -13.1. The number of benzene rings is 1. The maximum absolute atomic E-state index is 14.0. The van der Waals surface area contributed by atoms with Crippen molar-refractivity contribution in [3.63, 3.8) is 0 Å². The van der Waals surface area contributed by atoms with E-state index in [4.69, 9.17) is 0 Å². The fourth-order valence-corrected chi connectivity index (χ4v) is 3.21. The van der Waals surface area contributed by atoms with E-state index in [9.17, 15) is 31.1 Å². The van der Waals surface area contributed by atoms with Gasteiger partial charge in [-0.2, -0.15) is 17.6 Å². The van der Waals surface area contributed by atoms with Gasteiger partial charge in [-0.15, -0.1) is 0 Å². The van der Waals surface area contributed by atoms with Crippen molar-refractivity contribution in [3.8, 4) is 0 Å². The predicted molar refractivity (Wildman–Crippen MR) is 85.9 cm³/mol. The van der Waals surface area contributed by atoms with Crippen LogP contribution in [0.4, 0.5) is 32.3 Å².